The van der Waals surface area contributed by atoms with Crippen molar-refractivity contribution in [2.75, 3.05) is 25.0 Å². The number of hydrogen-bond donors (Lipinski definition) is 1. The number of nitriles is 1. The third kappa shape index (κ3) is 2.40. The Bertz CT molecular complexity index is 474. The van der Waals surface area contributed by atoms with Gasteiger partial charge in [-0.05, 0) is 18.9 Å². The van der Waals surface area contributed by atoms with Crippen LogP contribution in [0.15, 0.2) is 12.3 Å². The molecule has 2 rings (SSSR count). The molecule has 0 unspecified atom stereocenters. The van der Waals surface area contributed by atoms with Crippen LogP contribution in [0.5, 0.6) is 0 Å². The van der Waals surface area contributed by atoms with Gasteiger partial charge in [-0.15, -0.1) is 5.10 Å². The van der Waals surface area contributed by atoms with Crippen molar-refractivity contribution in [2.24, 2.45) is 5.92 Å². The van der Waals surface area contributed by atoms with Gasteiger partial charge in [0.15, 0.2) is 5.82 Å². The second-order valence-electron chi connectivity index (χ2n) is 4.26. The Kier molecular flexibility index (Phi) is 3.72. The van der Waals surface area contributed by atoms with E-state index in [1.54, 1.807) is 13.1 Å². The number of carbonyl (C=O) groups is 1. The molecule has 0 aliphatic carbocycles. The van der Waals surface area contributed by atoms with E-state index in [1.807, 2.05) is 4.90 Å². The molecule has 1 aromatic heterocycles. The third-order valence-electron chi connectivity index (χ3n) is 3.23. The molecule has 1 N–H and O–H groups in total. The highest BCUT2D eigenvalue weighted by Crippen LogP contribution is 2.23. The summed E-state index contributed by atoms with van der Waals surface area (Å²) in [7, 11) is 1.66. The average molecular weight is 245 g/mol. The Morgan fingerprint density at radius 1 is 1.56 bits per heavy atom. The van der Waals surface area contributed by atoms with Crippen molar-refractivity contribution in [2.45, 2.75) is 12.8 Å². The Morgan fingerprint density at radius 2 is 2.28 bits per heavy atom. The van der Waals surface area contributed by atoms with Crippen molar-refractivity contribution in [3.63, 3.8) is 0 Å². The molecule has 1 saturated heterocycles. The average Bonchev–Trinajstić information content (AvgIpc) is 2.46. The number of amides is 1. The van der Waals surface area contributed by atoms with Crippen molar-refractivity contribution in [3.8, 4) is 6.07 Å². The van der Waals surface area contributed by atoms with E-state index in [2.05, 4.69) is 21.6 Å². The lowest BCUT2D eigenvalue weighted by molar-refractivity contribution is -0.125. The van der Waals surface area contributed by atoms with E-state index < -0.39 is 0 Å². The van der Waals surface area contributed by atoms with Gasteiger partial charge in [0.25, 0.3) is 0 Å². The maximum atomic E-state index is 11.5. The molecule has 0 atom stereocenters. The smallest absolute Gasteiger partial charge is 0.222 e. The van der Waals surface area contributed by atoms with E-state index in [9.17, 15) is 4.79 Å². The van der Waals surface area contributed by atoms with Gasteiger partial charge in [0.05, 0.1) is 11.8 Å². The zero-order chi connectivity index (χ0) is 13.0. The highest BCUT2D eigenvalue weighted by molar-refractivity contribution is 5.78. The summed E-state index contributed by atoms with van der Waals surface area (Å²) < 4.78 is 0. The highest BCUT2D eigenvalue weighted by atomic mass is 16.1. The topological polar surface area (TPSA) is 81.9 Å². The molecule has 6 heteroatoms. The Balaban J connectivity index is 2.06. The van der Waals surface area contributed by atoms with Gasteiger partial charge in [-0.3, -0.25) is 4.79 Å². The number of nitrogens with one attached hydrogen (secondary N) is 1. The van der Waals surface area contributed by atoms with Gasteiger partial charge in [-0.2, -0.15) is 10.4 Å². The van der Waals surface area contributed by atoms with Gasteiger partial charge < -0.3 is 10.2 Å². The maximum Gasteiger partial charge on any atom is 0.222 e. The summed E-state index contributed by atoms with van der Waals surface area (Å²) in [5.41, 5.74) is 0.531. The number of carbonyl (C=O) groups excluding carboxylic acids is 1. The van der Waals surface area contributed by atoms with Crippen LogP contribution >= 0.6 is 0 Å². The first-order chi connectivity index (χ1) is 8.76. The molecule has 0 aromatic carbocycles. The highest BCUT2D eigenvalue weighted by Gasteiger charge is 2.26. The molecule has 1 aromatic rings. The van der Waals surface area contributed by atoms with Crippen LogP contribution in [0.1, 0.15) is 18.4 Å². The minimum atomic E-state index is 0.0634. The SMILES string of the molecule is CNC(=O)C1CCN(c2nnccc2C#N)CC1. The molecule has 1 aliphatic rings. The molecule has 94 valence electrons. The van der Waals surface area contributed by atoms with Crippen molar-refractivity contribution >= 4 is 11.7 Å². The Labute approximate surface area is 106 Å². The van der Waals surface area contributed by atoms with Crippen molar-refractivity contribution in [3.05, 3.63) is 17.8 Å². The van der Waals surface area contributed by atoms with Gasteiger partial charge >= 0.3 is 0 Å². The number of aromatic nitrogens is 2. The molecule has 6 nitrogen and oxygen atoms in total. The van der Waals surface area contributed by atoms with Gasteiger partial charge in [0.2, 0.25) is 5.91 Å². The van der Waals surface area contributed by atoms with E-state index in [0.717, 1.165) is 25.9 Å². The van der Waals surface area contributed by atoms with Crippen LogP contribution < -0.4 is 10.2 Å². The van der Waals surface area contributed by atoms with Crippen LogP contribution in [0.3, 0.4) is 0 Å². The van der Waals surface area contributed by atoms with Gasteiger partial charge in [0, 0.05) is 26.1 Å². The van der Waals surface area contributed by atoms with Gasteiger partial charge in [-0.25, -0.2) is 0 Å². The molecule has 0 radical (unpaired) electrons. The van der Waals surface area contributed by atoms with Crippen molar-refractivity contribution in [1.29, 1.82) is 5.26 Å². The third-order valence-corrected chi connectivity index (χ3v) is 3.23. The van der Waals surface area contributed by atoms with E-state index in [4.69, 9.17) is 5.26 Å². The summed E-state index contributed by atoms with van der Waals surface area (Å²) >= 11 is 0. The fourth-order valence-corrected chi connectivity index (χ4v) is 2.20. The molecule has 1 fully saturated rings. The standard InChI is InChI=1S/C12H15N5O/c1-14-12(18)9-3-6-17(7-4-9)11-10(8-13)2-5-15-16-11/h2,5,9H,3-4,6-7H2,1H3,(H,14,18). The first-order valence-corrected chi connectivity index (χ1v) is 5.94. The molecule has 0 spiro atoms. The molecular formula is C12H15N5O. The van der Waals surface area contributed by atoms with Gasteiger partial charge in [-0.1, -0.05) is 0 Å². The van der Waals surface area contributed by atoms with E-state index in [0.29, 0.717) is 11.4 Å². The summed E-state index contributed by atoms with van der Waals surface area (Å²) in [5, 5.41) is 19.5. The Hall–Kier alpha value is -2.16. The molecular weight excluding hydrogens is 230 g/mol. The summed E-state index contributed by atoms with van der Waals surface area (Å²) in [5.74, 6) is 0.776. The summed E-state index contributed by atoms with van der Waals surface area (Å²) in [6, 6.07) is 3.77. The summed E-state index contributed by atoms with van der Waals surface area (Å²) in [4.78, 5) is 13.5. The molecule has 1 amide bonds. The van der Waals surface area contributed by atoms with Crippen molar-refractivity contribution in [1.82, 2.24) is 15.5 Å². The van der Waals surface area contributed by atoms with E-state index in [1.165, 1.54) is 6.20 Å². The van der Waals surface area contributed by atoms with Crippen LogP contribution in [0.4, 0.5) is 5.82 Å². The molecule has 0 saturated carbocycles. The van der Waals surface area contributed by atoms with Crippen LogP contribution in [-0.4, -0.2) is 36.2 Å². The lowest BCUT2D eigenvalue weighted by Crippen LogP contribution is -2.40. The number of hydrogen-bond acceptors (Lipinski definition) is 5. The fourth-order valence-electron chi connectivity index (χ4n) is 2.20. The van der Waals surface area contributed by atoms with Crippen LogP contribution in [0.25, 0.3) is 0 Å². The van der Waals surface area contributed by atoms with E-state index >= 15 is 0 Å². The number of piperidine rings is 1. The quantitative estimate of drug-likeness (QED) is 0.811. The van der Waals surface area contributed by atoms with Gasteiger partial charge in [0.1, 0.15) is 6.07 Å². The predicted molar refractivity (Wildman–Crippen MR) is 65.8 cm³/mol. The normalized spacial score (nSPS) is 16.1. The molecule has 1 aliphatic heterocycles. The van der Waals surface area contributed by atoms with Crippen molar-refractivity contribution < 1.29 is 4.79 Å². The zero-order valence-corrected chi connectivity index (χ0v) is 10.3. The molecule has 0 bridgehead atoms. The minimum Gasteiger partial charge on any atom is -0.359 e. The predicted octanol–water partition coefficient (Wildman–Crippen LogP) is 0.311. The zero-order valence-electron chi connectivity index (χ0n) is 10.3. The lowest BCUT2D eigenvalue weighted by atomic mass is 9.96. The second-order valence-corrected chi connectivity index (χ2v) is 4.26. The number of nitrogens with zero attached hydrogens (tertiary/aromatic N) is 4. The van der Waals surface area contributed by atoms with Crippen LogP contribution in [-0.2, 0) is 4.79 Å². The summed E-state index contributed by atoms with van der Waals surface area (Å²) in [6.45, 7) is 1.46. The first-order valence-electron chi connectivity index (χ1n) is 5.94. The van der Waals surface area contributed by atoms with E-state index in [-0.39, 0.29) is 11.8 Å². The summed E-state index contributed by atoms with van der Waals surface area (Å²) in [6.07, 6.45) is 3.07. The maximum absolute atomic E-state index is 11.5. The van der Waals surface area contributed by atoms with Crippen LogP contribution in [0, 0.1) is 17.2 Å². The largest absolute Gasteiger partial charge is 0.359 e. The number of rotatable bonds is 2. The monoisotopic (exact) mass is 245 g/mol. The second kappa shape index (κ2) is 5.45. The molecule has 18 heavy (non-hydrogen) atoms. The first kappa shape index (κ1) is 12.3. The fraction of sp³-hybridized carbons (Fsp3) is 0.500. The minimum absolute atomic E-state index is 0.0634. The van der Waals surface area contributed by atoms with Crippen LogP contribution in [0.2, 0.25) is 0 Å². The number of anilines is 1. The molecule has 2 heterocycles. The Morgan fingerprint density at radius 3 is 2.89 bits per heavy atom. The lowest BCUT2D eigenvalue weighted by Gasteiger charge is -2.31.